The molecule has 0 aliphatic heterocycles. The second-order valence-electron chi connectivity index (χ2n) is 4.85. The van der Waals surface area contributed by atoms with E-state index < -0.39 is 4.58 Å². The average Bonchev–Trinajstić information content (AvgIpc) is 2.57. The van der Waals surface area contributed by atoms with Gasteiger partial charge >= 0.3 is 0 Å². The highest BCUT2D eigenvalue weighted by molar-refractivity contribution is 9.10. The Bertz CT molecular complexity index is 418. The fourth-order valence-corrected chi connectivity index (χ4v) is 6.00. The summed E-state index contributed by atoms with van der Waals surface area (Å²) in [6.07, 6.45) is 0. The van der Waals surface area contributed by atoms with E-state index in [1.54, 1.807) is 0 Å². The molecular weight excluding hydrogens is 323 g/mol. The van der Waals surface area contributed by atoms with Crippen molar-refractivity contribution in [2.24, 2.45) is 11.8 Å². The van der Waals surface area contributed by atoms with Crippen LogP contribution in [0.1, 0.15) is 23.0 Å². The largest absolute Gasteiger partial charge is 0.231 e. The number of hydrogen-bond acceptors (Lipinski definition) is 0. The second-order valence-corrected chi connectivity index (χ2v) is 7.12. The molecule has 1 aromatic rings. The Morgan fingerprint density at radius 1 is 1.07 bits per heavy atom. The molecule has 2 saturated carbocycles. The minimum absolute atomic E-state index is 0.196. The Balaban J connectivity index is 1.93. The van der Waals surface area contributed by atoms with E-state index in [9.17, 15) is 4.39 Å². The van der Waals surface area contributed by atoms with Gasteiger partial charge in [-0.25, -0.2) is 4.39 Å². The third-order valence-electron chi connectivity index (χ3n) is 4.34. The molecule has 0 amide bonds. The van der Waals surface area contributed by atoms with Gasteiger partial charge in [-0.05, 0) is 27.1 Å². The highest BCUT2D eigenvalue weighted by atomic mass is 79.9. The number of rotatable bonds is 0. The van der Waals surface area contributed by atoms with E-state index in [1.807, 2.05) is 0 Å². The van der Waals surface area contributed by atoms with Gasteiger partial charge in [-0.15, -0.1) is 0 Å². The van der Waals surface area contributed by atoms with Crippen molar-refractivity contribution >= 4 is 31.9 Å². The molecular formula is C12H9Br2F. The highest BCUT2D eigenvalue weighted by Crippen LogP contribution is 2.80. The van der Waals surface area contributed by atoms with E-state index in [-0.39, 0.29) is 11.8 Å². The summed E-state index contributed by atoms with van der Waals surface area (Å²) in [7, 11) is 0. The summed E-state index contributed by atoms with van der Waals surface area (Å²) in [6, 6.07) is 8.44. The van der Waals surface area contributed by atoms with Gasteiger partial charge in [0, 0.05) is 28.5 Å². The second kappa shape index (κ2) is 2.51. The number of alkyl halides is 3. The molecule has 6 atom stereocenters. The van der Waals surface area contributed by atoms with Crippen molar-refractivity contribution < 1.29 is 4.39 Å². The monoisotopic (exact) mass is 330 g/mol. The molecule has 78 valence electrons. The van der Waals surface area contributed by atoms with E-state index in [0.717, 1.165) is 0 Å². The van der Waals surface area contributed by atoms with Gasteiger partial charge in [0.1, 0.15) is 0 Å². The maximum absolute atomic E-state index is 14.1. The molecule has 0 spiro atoms. The van der Waals surface area contributed by atoms with Gasteiger partial charge < -0.3 is 0 Å². The van der Waals surface area contributed by atoms with Gasteiger partial charge in [-0.1, -0.05) is 40.2 Å². The fraction of sp³-hybridized carbons (Fsp3) is 0.500. The lowest BCUT2D eigenvalue weighted by molar-refractivity contribution is 0.356. The van der Waals surface area contributed by atoms with Crippen LogP contribution in [0.3, 0.4) is 0 Å². The van der Waals surface area contributed by atoms with E-state index in [4.69, 9.17) is 0 Å². The normalized spacial score (nSPS) is 53.9. The predicted octanol–water partition coefficient (Wildman–Crippen LogP) is 3.95. The van der Waals surface area contributed by atoms with Crippen LogP contribution in [0.5, 0.6) is 0 Å². The van der Waals surface area contributed by atoms with E-state index >= 15 is 0 Å². The third kappa shape index (κ3) is 0.858. The SMILES string of the molecule is FC1(Br)[C@@H]2[C@H]1[C@@H]1c3ccccc3[C@H]2C1Br. The Hall–Kier alpha value is 0.110. The molecule has 3 aliphatic carbocycles. The highest BCUT2D eigenvalue weighted by Gasteiger charge is 2.79. The van der Waals surface area contributed by atoms with Crippen molar-refractivity contribution in [3.05, 3.63) is 35.4 Å². The molecule has 0 radical (unpaired) electrons. The van der Waals surface area contributed by atoms with Crippen LogP contribution in [0, 0.1) is 11.8 Å². The van der Waals surface area contributed by atoms with Crippen LogP contribution >= 0.6 is 31.9 Å². The lowest BCUT2D eigenvalue weighted by Crippen LogP contribution is -2.15. The molecule has 3 aliphatic rings. The minimum atomic E-state index is -1.09. The quantitative estimate of drug-likeness (QED) is 0.631. The van der Waals surface area contributed by atoms with Crippen LogP contribution in [0.25, 0.3) is 0 Å². The topological polar surface area (TPSA) is 0 Å². The standard InChI is InChI=1S/C12H9Br2F/c13-11-7-5-3-1-2-4-6(5)8(11)10-9(7)12(10,14)15/h1-4,7-11H/t7-,8+,9+,10-,11?,12?. The lowest BCUT2D eigenvalue weighted by atomic mass is 9.92. The molecule has 0 nitrogen and oxygen atoms in total. The first-order valence-corrected chi connectivity index (χ1v) is 6.95. The maximum Gasteiger partial charge on any atom is 0.172 e. The molecule has 0 aromatic heterocycles. The van der Waals surface area contributed by atoms with Crippen molar-refractivity contribution in [1.29, 1.82) is 0 Å². The van der Waals surface area contributed by atoms with Crippen LogP contribution in [-0.2, 0) is 0 Å². The summed E-state index contributed by atoms with van der Waals surface area (Å²) in [6.45, 7) is 0. The molecule has 4 rings (SSSR count). The van der Waals surface area contributed by atoms with E-state index in [0.29, 0.717) is 16.7 Å². The summed E-state index contributed by atoms with van der Waals surface area (Å²) in [5.41, 5.74) is 2.73. The number of hydrogen-bond donors (Lipinski definition) is 0. The molecule has 2 unspecified atom stereocenters. The van der Waals surface area contributed by atoms with E-state index in [2.05, 4.69) is 56.1 Å². The molecule has 2 bridgehead atoms. The van der Waals surface area contributed by atoms with Gasteiger partial charge in [0.05, 0.1) is 0 Å². The predicted molar refractivity (Wildman–Crippen MR) is 64.4 cm³/mol. The van der Waals surface area contributed by atoms with Crippen LogP contribution in [-0.4, -0.2) is 9.41 Å². The molecule has 0 heterocycles. The third-order valence-corrected chi connectivity index (χ3v) is 6.54. The maximum atomic E-state index is 14.1. The fourth-order valence-electron chi connectivity index (χ4n) is 3.77. The minimum Gasteiger partial charge on any atom is -0.231 e. The number of fused-ring (bicyclic) bond motifs is 8. The lowest BCUT2D eigenvalue weighted by Gasteiger charge is -2.15. The molecule has 3 heteroatoms. The van der Waals surface area contributed by atoms with Crippen LogP contribution < -0.4 is 0 Å². The zero-order valence-electron chi connectivity index (χ0n) is 7.83. The Morgan fingerprint density at radius 3 is 2.00 bits per heavy atom. The Kier molecular flexibility index (Phi) is 1.53. The zero-order valence-corrected chi connectivity index (χ0v) is 11.0. The Morgan fingerprint density at radius 2 is 1.53 bits per heavy atom. The molecule has 15 heavy (non-hydrogen) atoms. The van der Waals surface area contributed by atoms with Crippen molar-refractivity contribution in [2.75, 3.05) is 0 Å². The zero-order chi connectivity index (χ0) is 10.4. The van der Waals surface area contributed by atoms with Gasteiger partial charge in [0.25, 0.3) is 0 Å². The van der Waals surface area contributed by atoms with Crippen LogP contribution in [0.2, 0.25) is 0 Å². The van der Waals surface area contributed by atoms with Gasteiger partial charge in [0.2, 0.25) is 0 Å². The molecule has 0 saturated heterocycles. The van der Waals surface area contributed by atoms with Gasteiger partial charge in [-0.2, -0.15) is 0 Å². The number of benzene rings is 1. The Labute approximate surface area is 105 Å². The van der Waals surface area contributed by atoms with Crippen LogP contribution in [0.15, 0.2) is 24.3 Å². The van der Waals surface area contributed by atoms with Gasteiger partial charge in [0.15, 0.2) is 4.58 Å². The summed E-state index contributed by atoms with van der Waals surface area (Å²) in [5.74, 6) is 1.14. The van der Waals surface area contributed by atoms with Crippen molar-refractivity contribution in [2.45, 2.75) is 21.2 Å². The summed E-state index contributed by atoms with van der Waals surface area (Å²) < 4.78 is 13.0. The van der Waals surface area contributed by atoms with Crippen LogP contribution in [0.4, 0.5) is 4.39 Å². The van der Waals surface area contributed by atoms with Gasteiger partial charge in [-0.3, -0.25) is 0 Å². The smallest absolute Gasteiger partial charge is 0.172 e. The van der Waals surface area contributed by atoms with Crippen molar-refractivity contribution in [1.82, 2.24) is 0 Å². The molecule has 1 aromatic carbocycles. The first-order valence-electron chi connectivity index (χ1n) is 5.24. The first-order chi connectivity index (χ1) is 7.14. The molecule has 0 N–H and O–H groups in total. The molecule has 2 fully saturated rings. The average molecular weight is 332 g/mol. The number of halogens is 3. The van der Waals surface area contributed by atoms with E-state index in [1.165, 1.54) is 11.1 Å². The van der Waals surface area contributed by atoms with Crippen molar-refractivity contribution in [3.8, 4) is 0 Å². The summed E-state index contributed by atoms with van der Waals surface area (Å²) >= 11 is 7.00. The summed E-state index contributed by atoms with van der Waals surface area (Å²) in [4.78, 5) is 0.450. The van der Waals surface area contributed by atoms with Crippen molar-refractivity contribution in [3.63, 3.8) is 0 Å². The summed E-state index contributed by atoms with van der Waals surface area (Å²) in [5, 5.41) is 0. The first kappa shape index (κ1) is 9.17.